The van der Waals surface area contributed by atoms with E-state index in [4.69, 9.17) is 10.3 Å². The second-order valence-corrected chi connectivity index (χ2v) is 13.1. The number of carbonyl (C=O) groups is 2. The molecule has 1 aromatic heterocycles. The van der Waals surface area contributed by atoms with Crippen molar-refractivity contribution in [1.82, 2.24) is 0 Å². The monoisotopic (exact) mass is 501 g/mol. The summed E-state index contributed by atoms with van der Waals surface area (Å²) in [7, 11) is 1.43. The Morgan fingerprint density at radius 3 is 2.23 bits per heavy atom. The zero-order valence-corrected chi connectivity index (χ0v) is 22.8. The molecule has 3 saturated carbocycles. The van der Waals surface area contributed by atoms with Gasteiger partial charge in [-0.3, -0.25) is 4.79 Å². The molecule has 194 valence electrons. The maximum absolute atomic E-state index is 14.1. The van der Waals surface area contributed by atoms with Gasteiger partial charge < -0.3 is 9.64 Å². The molecule has 0 bridgehead atoms. The summed E-state index contributed by atoms with van der Waals surface area (Å²) >= 11 is 1.54. The summed E-state index contributed by atoms with van der Waals surface area (Å²) < 4.78 is 5.22. The van der Waals surface area contributed by atoms with Crippen LogP contribution < -0.4 is 4.90 Å². The number of carbonyl (C=O) groups excluding carboxylic acids is 2. The van der Waals surface area contributed by atoms with Crippen molar-refractivity contribution in [2.24, 2.45) is 22.4 Å². The molecule has 1 aromatic rings. The molecule has 0 radical (unpaired) electrons. The first kappa shape index (κ1) is 26.3. The van der Waals surface area contributed by atoms with E-state index in [2.05, 4.69) is 32.0 Å². The van der Waals surface area contributed by atoms with Gasteiger partial charge in [0.25, 0.3) is 0 Å². The number of hydrogen-bond acceptors (Lipinski definition) is 6. The van der Waals surface area contributed by atoms with E-state index in [0.717, 1.165) is 69.9 Å². The van der Waals surface area contributed by atoms with Crippen LogP contribution in [0.1, 0.15) is 118 Å². The average molecular weight is 502 g/mol. The number of nitrogens with one attached hydrogen (secondary N) is 1. The van der Waals surface area contributed by atoms with Crippen LogP contribution >= 0.6 is 11.3 Å². The van der Waals surface area contributed by atoms with Crippen molar-refractivity contribution in [3.63, 3.8) is 0 Å². The van der Waals surface area contributed by atoms with Gasteiger partial charge in [0.2, 0.25) is 5.91 Å². The summed E-state index contributed by atoms with van der Waals surface area (Å²) in [6.45, 7) is 6.96. The van der Waals surface area contributed by atoms with Crippen LogP contribution in [0, 0.1) is 22.8 Å². The van der Waals surface area contributed by atoms with Gasteiger partial charge in [-0.25, -0.2) is 10.3 Å². The van der Waals surface area contributed by atoms with Gasteiger partial charge >= 0.3 is 5.97 Å². The second-order valence-electron chi connectivity index (χ2n) is 12.0. The lowest BCUT2D eigenvalue weighted by Gasteiger charge is -2.39. The van der Waals surface area contributed by atoms with E-state index in [1.807, 2.05) is 4.90 Å². The van der Waals surface area contributed by atoms with Crippen molar-refractivity contribution < 1.29 is 14.3 Å². The number of thiophene rings is 1. The third-order valence-electron chi connectivity index (χ3n) is 8.92. The molecule has 0 aromatic carbocycles. The number of nitrogens with zero attached hydrogens (tertiary/aromatic N) is 2. The molecule has 0 atom stereocenters. The molecule has 0 spiro atoms. The molecule has 3 aliphatic carbocycles. The predicted octanol–water partition coefficient (Wildman–Crippen LogP) is 7.72. The lowest BCUT2D eigenvalue weighted by molar-refractivity contribution is -0.124. The number of methoxy groups -OCH3 is 1. The quantitative estimate of drug-likeness (QED) is 0.320. The fraction of sp³-hybridized carbons (Fsp3) is 0.786. The van der Waals surface area contributed by atoms with Crippen LogP contribution in [-0.2, 0) is 9.53 Å². The van der Waals surface area contributed by atoms with E-state index in [9.17, 15) is 9.59 Å². The summed E-state index contributed by atoms with van der Waals surface area (Å²) in [4.78, 5) is 30.9. The lowest BCUT2D eigenvalue weighted by Crippen LogP contribution is -2.47. The van der Waals surface area contributed by atoms with E-state index in [-0.39, 0.29) is 29.9 Å². The highest BCUT2D eigenvalue weighted by molar-refractivity contribution is 7.14. The maximum Gasteiger partial charge on any atom is 0.350 e. The third-order valence-corrected chi connectivity index (χ3v) is 10.2. The molecule has 6 nitrogen and oxygen atoms in total. The fourth-order valence-electron chi connectivity index (χ4n) is 6.35. The van der Waals surface area contributed by atoms with Gasteiger partial charge in [-0.15, -0.1) is 11.3 Å². The van der Waals surface area contributed by atoms with Crippen molar-refractivity contribution in [2.75, 3.05) is 12.0 Å². The van der Waals surface area contributed by atoms with Crippen LogP contribution in [0.5, 0.6) is 0 Å². The van der Waals surface area contributed by atoms with Crippen LogP contribution in [0.3, 0.4) is 0 Å². The number of amides is 1. The molecule has 1 amide bonds. The van der Waals surface area contributed by atoms with Gasteiger partial charge in [0.15, 0.2) is 0 Å². The predicted molar refractivity (Wildman–Crippen MR) is 140 cm³/mol. The van der Waals surface area contributed by atoms with Crippen molar-refractivity contribution in [2.45, 2.75) is 116 Å². The standard InChI is InChI=1S/C28H43N3O3S/c1-18-5-7-20(8-6-18)26(32)31(22-11-9-21(30-29)10-12-22)23-17-24(35-25(23)27(33)34-4)19-13-15-28(2,3)16-14-19/h17-22,29H,5-16H2,1-4H3. The van der Waals surface area contributed by atoms with Crippen LogP contribution in [0.15, 0.2) is 11.2 Å². The molecule has 3 fully saturated rings. The average Bonchev–Trinajstić information content (AvgIpc) is 3.29. The molecule has 1 heterocycles. The first-order chi connectivity index (χ1) is 16.7. The molecule has 1 N–H and O–H groups in total. The van der Waals surface area contributed by atoms with Gasteiger partial charge in [-0.2, -0.15) is 5.11 Å². The lowest BCUT2D eigenvalue weighted by atomic mass is 9.73. The topological polar surface area (TPSA) is 82.8 Å². The van der Waals surface area contributed by atoms with Crippen molar-refractivity contribution in [3.05, 3.63) is 15.8 Å². The normalized spacial score (nSPS) is 29.4. The Morgan fingerprint density at radius 1 is 1.03 bits per heavy atom. The summed E-state index contributed by atoms with van der Waals surface area (Å²) in [5.74, 6) is 0.986. The molecular weight excluding hydrogens is 458 g/mol. The molecule has 0 aliphatic heterocycles. The van der Waals surface area contributed by atoms with E-state index in [1.54, 1.807) is 11.3 Å². The third kappa shape index (κ3) is 5.98. The number of rotatable bonds is 6. The van der Waals surface area contributed by atoms with Gasteiger partial charge in [0.05, 0.1) is 18.8 Å². The number of esters is 1. The van der Waals surface area contributed by atoms with Crippen molar-refractivity contribution in [3.8, 4) is 0 Å². The summed E-state index contributed by atoms with van der Waals surface area (Å²) in [5.41, 5.74) is 8.60. The first-order valence-electron chi connectivity index (χ1n) is 13.6. The highest BCUT2D eigenvalue weighted by atomic mass is 32.1. The van der Waals surface area contributed by atoms with E-state index < -0.39 is 0 Å². The maximum atomic E-state index is 14.1. The van der Waals surface area contributed by atoms with Crippen LogP contribution in [0.2, 0.25) is 0 Å². The SMILES string of the molecule is COC(=O)c1sc(C2CCC(C)(C)CC2)cc1N(C(=O)C1CCC(C)CC1)C1CCC(N=N)CC1. The largest absolute Gasteiger partial charge is 0.465 e. The first-order valence-corrected chi connectivity index (χ1v) is 14.5. The minimum absolute atomic E-state index is 0.0223. The Kier molecular flexibility index (Phi) is 8.34. The van der Waals surface area contributed by atoms with Crippen LogP contribution in [0.25, 0.3) is 0 Å². The van der Waals surface area contributed by atoms with Crippen molar-refractivity contribution in [1.29, 1.82) is 5.53 Å². The Balaban J connectivity index is 1.68. The van der Waals surface area contributed by atoms with Gasteiger partial charge in [0, 0.05) is 16.8 Å². The van der Waals surface area contributed by atoms with Crippen LogP contribution in [0.4, 0.5) is 5.69 Å². The van der Waals surface area contributed by atoms with Gasteiger partial charge in [-0.1, -0.05) is 20.8 Å². The molecule has 4 rings (SSSR count). The summed E-state index contributed by atoms with van der Waals surface area (Å²) in [6, 6.07) is 2.27. The smallest absolute Gasteiger partial charge is 0.350 e. The molecule has 0 unspecified atom stereocenters. The van der Waals surface area contributed by atoms with E-state index in [0.29, 0.717) is 22.1 Å². The Bertz CT molecular complexity index is 901. The van der Waals surface area contributed by atoms with Crippen LogP contribution in [-0.4, -0.2) is 31.1 Å². The Hall–Kier alpha value is -1.76. The zero-order chi connectivity index (χ0) is 25.2. The number of ether oxygens (including phenoxy) is 1. The summed E-state index contributed by atoms with van der Waals surface area (Å²) in [5, 5.41) is 3.77. The molecular formula is C28H43N3O3S. The number of hydrogen-bond donors (Lipinski definition) is 1. The highest BCUT2D eigenvalue weighted by Crippen LogP contribution is 2.47. The summed E-state index contributed by atoms with van der Waals surface area (Å²) in [6.07, 6.45) is 11.9. The second kappa shape index (κ2) is 11.1. The van der Waals surface area contributed by atoms with Crippen molar-refractivity contribution >= 4 is 28.9 Å². The minimum Gasteiger partial charge on any atom is -0.465 e. The van der Waals surface area contributed by atoms with Gasteiger partial charge in [0.1, 0.15) is 4.88 Å². The zero-order valence-electron chi connectivity index (χ0n) is 22.0. The molecule has 7 heteroatoms. The van der Waals surface area contributed by atoms with E-state index >= 15 is 0 Å². The number of anilines is 1. The van der Waals surface area contributed by atoms with E-state index in [1.165, 1.54) is 24.8 Å². The minimum atomic E-state index is -0.336. The molecule has 3 aliphatic rings. The Morgan fingerprint density at radius 2 is 1.66 bits per heavy atom. The Labute approximate surface area is 214 Å². The molecule has 0 saturated heterocycles. The fourth-order valence-corrected chi connectivity index (χ4v) is 7.58. The van der Waals surface area contributed by atoms with Gasteiger partial charge in [-0.05, 0) is 100 Å². The highest BCUT2D eigenvalue weighted by Gasteiger charge is 2.38. The molecule has 35 heavy (non-hydrogen) atoms.